The van der Waals surface area contributed by atoms with Crippen molar-refractivity contribution in [1.82, 2.24) is 0 Å². The molecule has 0 heterocycles. The summed E-state index contributed by atoms with van der Waals surface area (Å²) in [6, 6.07) is 0. The Balaban J connectivity index is 3.50. The summed E-state index contributed by atoms with van der Waals surface area (Å²) in [5, 5.41) is 0. The fraction of sp³-hybridized carbons (Fsp3) is 0.758. The standard InChI is InChI=1S/C33H58O5Si/c1-23(2)39(24(3)4,25(5)6)38-31-20-19-26(7)28(22-36-12)21-29(32(35)37-33(9,10)11)30(34)18-16-14-13-15-17-27(31)8/h13-15,17,23-25,27,29,31H,16,18-22H2,1-12H3/b14-13+,17-15+,28-26+/t27-,29?,31-/m0/s1. The summed E-state index contributed by atoms with van der Waals surface area (Å²) in [6.45, 7) is 24.3. The lowest BCUT2D eigenvalue weighted by Gasteiger charge is -2.45. The third-order valence-electron chi connectivity index (χ3n) is 8.12. The van der Waals surface area contributed by atoms with Crippen LogP contribution in [-0.4, -0.2) is 45.5 Å². The zero-order chi connectivity index (χ0) is 30.0. The van der Waals surface area contributed by atoms with Gasteiger partial charge in [0.1, 0.15) is 17.3 Å². The quantitative estimate of drug-likeness (QED) is 0.128. The molecule has 0 spiro atoms. The van der Waals surface area contributed by atoms with Gasteiger partial charge in [0, 0.05) is 13.5 Å². The summed E-state index contributed by atoms with van der Waals surface area (Å²) in [7, 11) is -0.420. The molecule has 0 fully saturated rings. The number of hydrogen-bond acceptors (Lipinski definition) is 5. The van der Waals surface area contributed by atoms with Crippen LogP contribution in [0.15, 0.2) is 35.5 Å². The van der Waals surface area contributed by atoms with E-state index in [9.17, 15) is 9.59 Å². The molecule has 0 radical (unpaired) electrons. The lowest BCUT2D eigenvalue weighted by atomic mass is 9.89. The van der Waals surface area contributed by atoms with Gasteiger partial charge in [-0.05, 0) is 81.5 Å². The maximum atomic E-state index is 13.3. The van der Waals surface area contributed by atoms with Crippen LogP contribution in [0.5, 0.6) is 0 Å². The van der Waals surface area contributed by atoms with Crippen LogP contribution in [0.3, 0.4) is 0 Å². The second-order valence-electron chi connectivity index (χ2n) is 13.3. The Kier molecular flexibility index (Phi) is 14.6. The van der Waals surface area contributed by atoms with Gasteiger partial charge in [-0.25, -0.2) is 0 Å². The van der Waals surface area contributed by atoms with Gasteiger partial charge in [-0.1, -0.05) is 78.3 Å². The zero-order valence-electron chi connectivity index (χ0n) is 27.1. The lowest BCUT2D eigenvalue weighted by molar-refractivity contribution is -0.162. The van der Waals surface area contributed by atoms with Crippen LogP contribution in [0.4, 0.5) is 0 Å². The van der Waals surface area contributed by atoms with Gasteiger partial charge in [-0.2, -0.15) is 0 Å². The van der Waals surface area contributed by atoms with Crippen LogP contribution in [0.1, 0.15) is 108 Å². The molecule has 0 bridgehead atoms. The van der Waals surface area contributed by atoms with E-state index >= 15 is 0 Å². The first-order valence-electron chi connectivity index (χ1n) is 15.0. The molecular formula is C33H58O5Si. The number of Topliss-reactive ketones (excluding diaryl/α,β-unsaturated/α-hetero) is 1. The Morgan fingerprint density at radius 2 is 1.62 bits per heavy atom. The van der Waals surface area contributed by atoms with Crippen molar-refractivity contribution in [1.29, 1.82) is 0 Å². The highest BCUT2D eigenvalue weighted by Gasteiger charge is 2.47. The van der Waals surface area contributed by atoms with E-state index < -0.39 is 25.8 Å². The Hall–Kier alpha value is -1.50. The van der Waals surface area contributed by atoms with E-state index in [2.05, 4.69) is 67.5 Å². The van der Waals surface area contributed by atoms with Crippen LogP contribution in [0.25, 0.3) is 0 Å². The van der Waals surface area contributed by atoms with Crippen molar-refractivity contribution >= 4 is 20.1 Å². The fourth-order valence-corrected chi connectivity index (χ4v) is 11.7. The smallest absolute Gasteiger partial charge is 0.317 e. The molecule has 0 amide bonds. The van der Waals surface area contributed by atoms with E-state index in [1.807, 2.05) is 32.9 Å². The molecule has 224 valence electrons. The molecule has 39 heavy (non-hydrogen) atoms. The predicted molar refractivity (Wildman–Crippen MR) is 165 cm³/mol. The molecule has 1 aliphatic rings. The molecule has 0 saturated carbocycles. The van der Waals surface area contributed by atoms with Gasteiger partial charge in [-0.15, -0.1) is 0 Å². The highest BCUT2D eigenvalue weighted by atomic mass is 28.4. The molecule has 0 N–H and O–H groups in total. The molecule has 0 aliphatic heterocycles. The van der Waals surface area contributed by atoms with Crippen molar-refractivity contribution in [3.63, 3.8) is 0 Å². The third kappa shape index (κ3) is 10.8. The Morgan fingerprint density at radius 3 is 2.13 bits per heavy atom. The molecule has 1 rings (SSSR count). The number of carbonyl (C=O) groups is 2. The molecular weight excluding hydrogens is 504 g/mol. The molecule has 5 nitrogen and oxygen atoms in total. The SMILES string of the molecule is COC/C1=C(\C)CC[C@H](O[Si](C(C)C)(C(C)C)C(C)C)[C@@H](C)/C=C/C=C/CCC(=O)C(C(=O)OC(C)(C)C)C1. The number of hydrogen-bond donors (Lipinski definition) is 0. The summed E-state index contributed by atoms with van der Waals surface area (Å²) < 4.78 is 18.6. The van der Waals surface area contributed by atoms with E-state index in [1.165, 1.54) is 5.57 Å². The number of ether oxygens (including phenoxy) is 2. The van der Waals surface area contributed by atoms with Crippen LogP contribution in [-0.2, 0) is 23.5 Å². The number of methoxy groups -OCH3 is 1. The van der Waals surface area contributed by atoms with Gasteiger partial charge in [0.25, 0.3) is 0 Å². The fourth-order valence-electron chi connectivity index (χ4n) is 6.05. The van der Waals surface area contributed by atoms with Gasteiger partial charge in [0.05, 0.1) is 12.7 Å². The summed E-state index contributed by atoms with van der Waals surface area (Å²) in [5.41, 5.74) is 3.04. The third-order valence-corrected chi connectivity index (χ3v) is 14.2. The summed E-state index contributed by atoms with van der Waals surface area (Å²) in [6.07, 6.45) is 11.4. The molecule has 3 atom stereocenters. The average molecular weight is 563 g/mol. The van der Waals surface area contributed by atoms with Crippen molar-refractivity contribution in [2.24, 2.45) is 11.8 Å². The molecule has 6 heteroatoms. The zero-order valence-corrected chi connectivity index (χ0v) is 28.1. The van der Waals surface area contributed by atoms with Crippen molar-refractivity contribution in [2.45, 2.75) is 137 Å². The van der Waals surface area contributed by atoms with E-state index in [0.29, 0.717) is 42.5 Å². The second-order valence-corrected chi connectivity index (χ2v) is 18.7. The average Bonchev–Trinajstić information content (AvgIpc) is 2.81. The summed E-state index contributed by atoms with van der Waals surface area (Å²) >= 11 is 0. The summed E-state index contributed by atoms with van der Waals surface area (Å²) in [5.74, 6) is -1.10. The van der Waals surface area contributed by atoms with E-state index in [-0.39, 0.29) is 17.8 Å². The van der Waals surface area contributed by atoms with Crippen LogP contribution in [0, 0.1) is 11.8 Å². The highest BCUT2D eigenvalue weighted by Crippen LogP contribution is 2.44. The normalized spacial score (nSPS) is 26.4. The summed E-state index contributed by atoms with van der Waals surface area (Å²) in [4.78, 5) is 26.4. The molecule has 0 aromatic heterocycles. The number of rotatable bonds is 8. The first kappa shape index (κ1) is 35.5. The van der Waals surface area contributed by atoms with Gasteiger partial charge < -0.3 is 13.9 Å². The minimum atomic E-state index is -2.08. The number of esters is 1. The number of ketones is 1. The van der Waals surface area contributed by atoms with Gasteiger partial charge >= 0.3 is 5.97 Å². The minimum Gasteiger partial charge on any atom is -0.459 e. The topological polar surface area (TPSA) is 61.8 Å². The highest BCUT2D eigenvalue weighted by molar-refractivity contribution is 6.77. The number of carbonyl (C=O) groups excluding carboxylic acids is 2. The van der Waals surface area contributed by atoms with Crippen LogP contribution < -0.4 is 0 Å². The van der Waals surface area contributed by atoms with Crippen LogP contribution in [0.2, 0.25) is 16.6 Å². The first-order valence-corrected chi connectivity index (χ1v) is 17.1. The van der Waals surface area contributed by atoms with Gasteiger partial charge in [-0.3, -0.25) is 9.59 Å². The molecule has 0 aromatic rings. The maximum absolute atomic E-state index is 13.3. The van der Waals surface area contributed by atoms with Gasteiger partial charge in [0.15, 0.2) is 0 Å². The second kappa shape index (κ2) is 16.1. The molecule has 1 unspecified atom stereocenters. The van der Waals surface area contributed by atoms with E-state index in [4.69, 9.17) is 13.9 Å². The van der Waals surface area contributed by atoms with E-state index in [0.717, 1.165) is 18.4 Å². The van der Waals surface area contributed by atoms with Gasteiger partial charge in [0.2, 0.25) is 8.32 Å². The van der Waals surface area contributed by atoms with Crippen molar-refractivity contribution < 1.29 is 23.5 Å². The largest absolute Gasteiger partial charge is 0.459 e. The molecule has 1 aliphatic carbocycles. The Labute approximate surface area is 241 Å². The number of allylic oxidation sites excluding steroid dienone is 4. The monoisotopic (exact) mass is 562 g/mol. The first-order chi connectivity index (χ1) is 18.1. The van der Waals surface area contributed by atoms with Crippen LogP contribution >= 0.6 is 0 Å². The maximum Gasteiger partial charge on any atom is 0.317 e. The molecule has 0 aromatic carbocycles. The Morgan fingerprint density at radius 1 is 1.03 bits per heavy atom. The van der Waals surface area contributed by atoms with E-state index in [1.54, 1.807) is 7.11 Å². The van der Waals surface area contributed by atoms with Crippen molar-refractivity contribution in [3.8, 4) is 0 Å². The predicted octanol–water partition coefficient (Wildman–Crippen LogP) is 8.75. The molecule has 0 saturated heterocycles. The lowest BCUT2D eigenvalue weighted by Crippen LogP contribution is -2.51. The van der Waals surface area contributed by atoms with Crippen molar-refractivity contribution in [3.05, 3.63) is 35.5 Å². The van der Waals surface area contributed by atoms with Crippen molar-refractivity contribution in [2.75, 3.05) is 13.7 Å². The minimum absolute atomic E-state index is 0.0784. The Bertz CT molecular complexity index is 853.